The van der Waals surface area contributed by atoms with E-state index in [1.807, 2.05) is 0 Å². The second kappa shape index (κ2) is 4.31. The Morgan fingerprint density at radius 1 is 1.50 bits per heavy atom. The van der Waals surface area contributed by atoms with Crippen LogP contribution in [0.5, 0.6) is 0 Å². The van der Waals surface area contributed by atoms with Crippen molar-refractivity contribution < 1.29 is 8.42 Å². The molecule has 0 aliphatic heterocycles. The van der Waals surface area contributed by atoms with Crippen LogP contribution in [0.25, 0.3) is 0 Å². The molecule has 1 fully saturated rings. The van der Waals surface area contributed by atoms with E-state index in [4.69, 9.17) is 5.14 Å². The molecule has 1 aromatic heterocycles. The van der Waals surface area contributed by atoms with Crippen molar-refractivity contribution in [3.8, 4) is 0 Å². The number of hydrogen-bond acceptors (Lipinski definition) is 3. The Kier molecular flexibility index (Phi) is 3.18. The van der Waals surface area contributed by atoms with Gasteiger partial charge in [-0.05, 0) is 46.8 Å². The molecule has 1 aliphatic carbocycles. The van der Waals surface area contributed by atoms with Crippen LogP contribution >= 0.6 is 15.9 Å². The molecule has 0 saturated heterocycles. The van der Waals surface area contributed by atoms with Crippen LogP contribution in [0.2, 0.25) is 0 Å². The van der Waals surface area contributed by atoms with Crippen molar-refractivity contribution in [1.29, 1.82) is 0 Å². The summed E-state index contributed by atoms with van der Waals surface area (Å²) >= 11 is 3.21. The number of rotatable bonds is 4. The van der Waals surface area contributed by atoms with Crippen molar-refractivity contribution in [3.05, 3.63) is 22.8 Å². The standard InChI is InChI=1S/C9H12BrN3O2S/c10-8-2-1-3-9(12-8)13(16(11,14)15)6-7-4-5-7/h1-3,7H,4-6H2,(H2,11,14,15). The largest absolute Gasteiger partial charge is 0.300 e. The third kappa shape index (κ3) is 2.93. The number of hydrogen-bond donors (Lipinski definition) is 1. The number of anilines is 1. The molecule has 1 aliphatic rings. The van der Waals surface area contributed by atoms with Crippen molar-refractivity contribution in [1.82, 2.24) is 4.98 Å². The third-order valence-corrected chi connectivity index (χ3v) is 3.78. The normalized spacial score (nSPS) is 16.1. The number of nitrogens with zero attached hydrogens (tertiary/aromatic N) is 2. The highest BCUT2D eigenvalue weighted by Crippen LogP contribution is 2.31. The minimum absolute atomic E-state index is 0.365. The van der Waals surface area contributed by atoms with Crippen LogP contribution in [0.1, 0.15) is 12.8 Å². The summed E-state index contributed by atoms with van der Waals surface area (Å²) in [6.07, 6.45) is 2.11. The first-order valence-electron chi connectivity index (χ1n) is 4.90. The fourth-order valence-electron chi connectivity index (χ4n) is 1.40. The van der Waals surface area contributed by atoms with Crippen molar-refractivity contribution in [2.45, 2.75) is 12.8 Å². The Hall–Kier alpha value is -0.660. The molecule has 0 bridgehead atoms. The molecule has 0 amide bonds. The second-order valence-corrected chi connectivity index (χ2v) is 6.12. The Morgan fingerprint density at radius 2 is 2.19 bits per heavy atom. The molecule has 0 atom stereocenters. The maximum Gasteiger partial charge on any atom is 0.300 e. The van der Waals surface area contributed by atoms with Gasteiger partial charge in [-0.15, -0.1) is 0 Å². The lowest BCUT2D eigenvalue weighted by Gasteiger charge is -2.20. The van der Waals surface area contributed by atoms with Crippen LogP contribution in [0, 0.1) is 5.92 Å². The average Bonchev–Trinajstić information content (AvgIpc) is 2.95. The maximum absolute atomic E-state index is 11.5. The van der Waals surface area contributed by atoms with Crippen LogP contribution < -0.4 is 9.44 Å². The molecule has 88 valence electrons. The van der Waals surface area contributed by atoms with Crippen molar-refractivity contribution in [2.24, 2.45) is 11.1 Å². The average molecular weight is 306 g/mol. The monoisotopic (exact) mass is 305 g/mol. The zero-order chi connectivity index (χ0) is 11.8. The summed E-state index contributed by atoms with van der Waals surface area (Å²) in [5, 5.41) is 5.18. The predicted molar refractivity (Wildman–Crippen MR) is 65.1 cm³/mol. The Bertz CT molecular complexity index is 487. The molecule has 16 heavy (non-hydrogen) atoms. The van der Waals surface area contributed by atoms with E-state index in [-0.39, 0.29) is 0 Å². The summed E-state index contributed by atoms with van der Waals surface area (Å²) in [7, 11) is -3.74. The Balaban J connectivity index is 2.30. The molecule has 0 radical (unpaired) electrons. The maximum atomic E-state index is 11.5. The van der Waals surface area contributed by atoms with Gasteiger partial charge in [-0.1, -0.05) is 6.07 Å². The van der Waals surface area contributed by atoms with Gasteiger partial charge in [-0.2, -0.15) is 8.42 Å². The van der Waals surface area contributed by atoms with Gasteiger partial charge in [0.2, 0.25) is 0 Å². The number of halogens is 1. The first-order chi connectivity index (χ1) is 7.47. The van der Waals surface area contributed by atoms with Crippen molar-refractivity contribution in [2.75, 3.05) is 10.8 Å². The van der Waals surface area contributed by atoms with Gasteiger partial charge in [-0.3, -0.25) is 0 Å². The fourth-order valence-corrected chi connectivity index (χ4v) is 2.51. The summed E-state index contributed by atoms with van der Waals surface area (Å²) < 4.78 is 24.7. The van der Waals surface area contributed by atoms with Crippen molar-refractivity contribution in [3.63, 3.8) is 0 Å². The quantitative estimate of drug-likeness (QED) is 0.851. The van der Waals surface area contributed by atoms with Gasteiger partial charge in [0.25, 0.3) is 10.2 Å². The fraction of sp³-hybridized carbons (Fsp3) is 0.444. The summed E-state index contributed by atoms with van der Waals surface area (Å²) in [5.74, 6) is 0.780. The molecule has 1 saturated carbocycles. The summed E-state index contributed by atoms with van der Waals surface area (Å²) in [5.41, 5.74) is 0. The highest BCUT2D eigenvalue weighted by atomic mass is 79.9. The van der Waals surface area contributed by atoms with Crippen molar-refractivity contribution >= 4 is 32.0 Å². The molecular formula is C9H12BrN3O2S. The van der Waals surface area contributed by atoms with Gasteiger partial charge in [0.1, 0.15) is 10.4 Å². The van der Waals surface area contributed by atoms with E-state index in [0.29, 0.717) is 22.9 Å². The zero-order valence-corrected chi connectivity index (χ0v) is 10.9. The van der Waals surface area contributed by atoms with Gasteiger partial charge in [-0.25, -0.2) is 14.4 Å². The zero-order valence-electron chi connectivity index (χ0n) is 8.51. The highest BCUT2D eigenvalue weighted by Gasteiger charge is 2.29. The molecular weight excluding hydrogens is 294 g/mol. The lowest BCUT2D eigenvalue weighted by atomic mass is 10.4. The van der Waals surface area contributed by atoms with Gasteiger partial charge in [0.05, 0.1) is 0 Å². The molecule has 7 heteroatoms. The van der Waals surface area contributed by atoms with Crippen LogP contribution in [0.3, 0.4) is 0 Å². The van der Waals surface area contributed by atoms with E-state index >= 15 is 0 Å². The topological polar surface area (TPSA) is 76.3 Å². The molecule has 0 spiro atoms. The van der Waals surface area contributed by atoms with Crippen LogP contribution in [0.4, 0.5) is 5.82 Å². The Morgan fingerprint density at radius 3 is 2.69 bits per heavy atom. The van der Waals surface area contributed by atoms with Gasteiger partial charge >= 0.3 is 0 Å². The van der Waals surface area contributed by atoms with Gasteiger partial charge in [0.15, 0.2) is 0 Å². The van der Waals surface area contributed by atoms with E-state index in [1.165, 1.54) is 0 Å². The second-order valence-electron chi connectivity index (χ2n) is 3.84. The molecule has 1 aromatic rings. The summed E-state index contributed by atoms with van der Waals surface area (Å²) in [6, 6.07) is 5.11. The molecule has 5 nitrogen and oxygen atoms in total. The van der Waals surface area contributed by atoms with E-state index in [9.17, 15) is 8.42 Å². The minimum atomic E-state index is -3.74. The third-order valence-electron chi connectivity index (χ3n) is 2.38. The smallest absolute Gasteiger partial charge is 0.241 e. The van der Waals surface area contributed by atoms with Gasteiger partial charge in [0, 0.05) is 6.54 Å². The molecule has 2 N–H and O–H groups in total. The number of nitrogens with two attached hydrogens (primary N) is 1. The predicted octanol–water partition coefficient (Wildman–Crippen LogP) is 1.26. The molecule has 1 heterocycles. The minimum Gasteiger partial charge on any atom is -0.241 e. The van der Waals surface area contributed by atoms with E-state index in [2.05, 4.69) is 20.9 Å². The lowest BCUT2D eigenvalue weighted by molar-refractivity contribution is 0.589. The summed E-state index contributed by atoms with van der Waals surface area (Å²) in [4.78, 5) is 4.10. The van der Waals surface area contributed by atoms with Crippen LogP contribution in [0.15, 0.2) is 22.8 Å². The highest BCUT2D eigenvalue weighted by molar-refractivity contribution is 9.10. The van der Waals surface area contributed by atoms with E-state index in [1.54, 1.807) is 18.2 Å². The summed E-state index contributed by atoms with van der Waals surface area (Å²) in [6.45, 7) is 0.419. The first kappa shape index (κ1) is 11.8. The molecule has 2 rings (SSSR count). The van der Waals surface area contributed by atoms with E-state index in [0.717, 1.165) is 17.1 Å². The van der Waals surface area contributed by atoms with E-state index < -0.39 is 10.2 Å². The van der Waals surface area contributed by atoms with Crippen LogP contribution in [-0.4, -0.2) is 19.9 Å². The number of aromatic nitrogens is 1. The number of pyridine rings is 1. The van der Waals surface area contributed by atoms with Gasteiger partial charge < -0.3 is 0 Å². The lowest BCUT2D eigenvalue weighted by Crippen LogP contribution is -2.38. The SMILES string of the molecule is NS(=O)(=O)N(CC1CC1)c1cccc(Br)n1. The van der Waals surface area contributed by atoms with Crippen LogP contribution in [-0.2, 0) is 10.2 Å². The Labute approximate surface area is 103 Å². The molecule has 0 aromatic carbocycles. The first-order valence-corrected chi connectivity index (χ1v) is 7.19. The molecule has 0 unspecified atom stereocenters.